The highest BCUT2D eigenvalue weighted by molar-refractivity contribution is 5.90. The number of hydrogen-bond acceptors (Lipinski definition) is 4. The predicted octanol–water partition coefficient (Wildman–Crippen LogP) is 1.36. The molecule has 14 heavy (non-hydrogen) atoms. The van der Waals surface area contributed by atoms with Gasteiger partial charge in [0.2, 0.25) is 6.86 Å². The SMILES string of the molecule is COC(=O)c1ccc(N)c(OCF)c1. The van der Waals surface area contributed by atoms with Crippen molar-refractivity contribution in [3.8, 4) is 5.75 Å². The maximum absolute atomic E-state index is 11.9. The Bertz CT molecular complexity index is 341. The van der Waals surface area contributed by atoms with Crippen LogP contribution in [0.4, 0.5) is 10.1 Å². The van der Waals surface area contributed by atoms with Gasteiger partial charge in [0.25, 0.3) is 0 Å². The Balaban J connectivity index is 2.99. The number of nitrogen functional groups attached to an aromatic ring is 1. The lowest BCUT2D eigenvalue weighted by atomic mass is 10.2. The van der Waals surface area contributed by atoms with Crippen LogP contribution in [-0.4, -0.2) is 19.9 Å². The van der Waals surface area contributed by atoms with E-state index in [9.17, 15) is 9.18 Å². The quantitative estimate of drug-likeness (QED) is 0.589. The molecule has 0 saturated heterocycles. The number of ether oxygens (including phenoxy) is 2. The standard InChI is InChI=1S/C9H10FNO3/c1-13-9(12)6-2-3-7(11)8(4-6)14-5-10/h2-4H,5,11H2,1H3. The van der Waals surface area contributed by atoms with Crippen molar-refractivity contribution in [2.75, 3.05) is 19.7 Å². The second-order valence-corrected chi connectivity index (χ2v) is 2.50. The highest BCUT2D eigenvalue weighted by atomic mass is 19.1. The van der Waals surface area contributed by atoms with Crippen molar-refractivity contribution in [2.45, 2.75) is 0 Å². The Morgan fingerprint density at radius 1 is 1.57 bits per heavy atom. The molecular weight excluding hydrogens is 189 g/mol. The molecule has 0 radical (unpaired) electrons. The zero-order valence-corrected chi connectivity index (χ0v) is 7.62. The van der Waals surface area contributed by atoms with Gasteiger partial charge in [-0.05, 0) is 18.2 Å². The number of carbonyl (C=O) groups is 1. The predicted molar refractivity (Wildman–Crippen MR) is 48.8 cm³/mol. The molecule has 1 aromatic rings. The van der Waals surface area contributed by atoms with E-state index in [1.165, 1.54) is 25.3 Å². The second kappa shape index (κ2) is 4.45. The van der Waals surface area contributed by atoms with E-state index < -0.39 is 12.8 Å². The summed E-state index contributed by atoms with van der Waals surface area (Å²) in [4.78, 5) is 11.1. The van der Waals surface area contributed by atoms with Crippen LogP contribution >= 0.6 is 0 Å². The Morgan fingerprint density at radius 3 is 2.86 bits per heavy atom. The fraction of sp³-hybridized carbons (Fsp3) is 0.222. The second-order valence-electron chi connectivity index (χ2n) is 2.50. The minimum Gasteiger partial charge on any atom is -0.465 e. The van der Waals surface area contributed by atoms with E-state index in [-0.39, 0.29) is 17.0 Å². The van der Waals surface area contributed by atoms with Crippen molar-refractivity contribution < 1.29 is 18.7 Å². The molecule has 5 heteroatoms. The summed E-state index contributed by atoms with van der Waals surface area (Å²) in [5.41, 5.74) is 6.02. The maximum Gasteiger partial charge on any atom is 0.337 e. The molecule has 0 aromatic heterocycles. The van der Waals surface area contributed by atoms with Gasteiger partial charge in [0.15, 0.2) is 0 Å². The topological polar surface area (TPSA) is 61.5 Å². The lowest BCUT2D eigenvalue weighted by Crippen LogP contribution is -2.03. The molecule has 0 saturated carbocycles. The van der Waals surface area contributed by atoms with Gasteiger partial charge in [0.1, 0.15) is 5.75 Å². The first-order chi connectivity index (χ1) is 6.69. The van der Waals surface area contributed by atoms with E-state index in [2.05, 4.69) is 9.47 Å². The number of anilines is 1. The van der Waals surface area contributed by atoms with Gasteiger partial charge in [-0.15, -0.1) is 0 Å². The fourth-order valence-electron chi connectivity index (χ4n) is 0.963. The molecule has 0 amide bonds. The van der Waals surface area contributed by atoms with Gasteiger partial charge in [-0.25, -0.2) is 9.18 Å². The molecule has 0 aliphatic rings. The minimum atomic E-state index is -0.991. The van der Waals surface area contributed by atoms with Gasteiger partial charge in [-0.1, -0.05) is 0 Å². The first kappa shape index (κ1) is 10.3. The van der Waals surface area contributed by atoms with Crippen molar-refractivity contribution in [1.29, 1.82) is 0 Å². The van der Waals surface area contributed by atoms with Crippen molar-refractivity contribution in [1.82, 2.24) is 0 Å². The van der Waals surface area contributed by atoms with Crippen molar-refractivity contribution in [3.05, 3.63) is 23.8 Å². The Morgan fingerprint density at radius 2 is 2.29 bits per heavy atom. The first-order valence-corrected chi connectivity index (χ1v) is 3.85. The number of rotatable bonds is 3. The van der Waals surface area contributed by atoms with Crippen LogP contribution in [0, 0.1) is 0 Å². The van der Waals surface area contributed by atoms with Crippen molar-refractivity contribution in [2.24, 2.45) is 0 Å². The van der Waals surface area contributed by atoms with Crippen LogP contribution in [-0.2, 0) is 4.74 Å². The zero-order valence-electron chi connectivity index (χ0n) is 7.62. The lowest BCUT2D eigenvalue weighted by Gasteiger charge is -2.06. The molecule has 0 atom stereocenters. The third-order valence-electron chi connectivity index (χ3n) is 1.64. The number of esters is 1. The number of carbonyl (C=O) groups excluding carboxylic acids is 1. The van der Waals surface area contributed by atoms with Gasteiger partial charge >= 0.3 is 5.97 Å². The summed E-state index contributed by atoms with van der Waals surface area (Å²) in [6.07, 6.45) is 0. The van der Waals surface area contributed by atoms with E-state index >= 15 is 0 Å². The van der Waals surface area contributed by atoms with E-state index in [0.717, 1.165) is 0 Å². The molecule has 0 bridgehead atoms. The average Bonchev–Trinajstić information content (AvgIpc) is 2.20. The fourth-order valence-corrected chi connectivity index (χ4v) is 0.963. The molecule has 4 nitrogen and oxygen atoms in total. The van der Waals surface area contributed by atoms with Gasteiger partial charge in [-0.2, -0.15) is 0 Å². The van der Waals surface area contributed by atoms with Crippen LogP contribution in [0.1, 0.15) is 10.4 Å². The molecule has 0 heterocycles. The molecule has 2 N–H and O–H groups in total. The summed E-state index contributed by atoms with van der Waals surface area (Å²) in [6, 6.07) is 4.27. The summed E-state index contributed by atoms with van der Waals surface area (Å²) >= 11 is 0. The normalized spacial score (nSPS) is 9.57. The molecule has 1 aromatic carbocycles. The molecule has 0 spiro atoms. The van der Waals surface area contributed by atoms with Gasteiger partial charge in [0.05, 0.1) is 18.4 Å². The van der Waals surface area contributed by atoms with Crippen LogP contribution in [0.15, 0.2) is 18.2 Å². The van der Waals surface area contributed by atoms with Crippen LogP contribution in [0.2, 0.25) is 0 Å². The summed E-state index contributed by atoms with van der Waals surface area (Å²) < 4.78 is 20.9. The van der Waals surface area contributed by atoms with Crippen LogP contribution < -0.4 is 10.5 Å². The Labute approximate surface area is 80.4 Å². The molecule has 0 fully saturated rings. The van der Waals surface area contributed by atoms with Gasteiger partial charge in [0, 0.05) is 0 Å². The van der Waals surface area contributed by atoms with E-state index in [4.69, 9.17) is 5.73 Å². The van der Waals surface area contributed by atoms with Crippen LogP contribution in [0.5, 0.6) is 5.75 Å². The summed E-state index contributed by atoms with van der Waals surface area (Å²) in [5.74, 6) is -0.385. The molecule has 0 unspecified atom stereocenters. The number of halogens is 1. The number of alkyl halides is 1. The molecule has 76 valence electrons. The summed E-state index contributed by atoms with van der Waals surface area (Å²) in [5, 5.41) is 0. The third kappa shape index (κ3) is 2.12. The maximum atomic E-state index is 11.9. The largest absolute Gasteiger partial charge is 0.465 e. The summed E-state index contributed by atoms with van der Waals surface area (Å²) in [7, 11) is 1.26. The number of nitrogens with two attached hydrogens (primary N) is 1. The molecule has 0 aliphatic carbocycles. The Hall–Kier alpha value is -1.78. The highest BCUT2D eigenvalue weighted by Crippen LogP contribution is 2.23. The van der Waals surface area contributed by atoms with Crippen LogP contribution in [0.3, 0.4) is 0 Å². The van der Waals surface area contributed by atoms with Crippen LogP contribution in [0.25, 0.3) is 0 Å². The zero-order chi connectivity index (χ0) is 10.6. The number of benzene rings is 1. The van der Waals surface area contributed by atoms with Crippen molar-refractivity contribution >= 4 is 11.7 Å². The van der Waals surface area contributed by atoms with E-state index in [1.807, 2.05) is 0 Å². The monoisotopic (exact) mass is 199 g/mol. The number of methoxy groups -OCH3 is 1. The molecular formula is C9H10FNO3. The minimum absolute atomic E-state index is 0.135. The van der Waals surface area contributed by atoms with Gasteiger partial charge in [-0.3, -0.25) is 0 Å². The summed E-state index contributed by atoms with van der Waals surface area (Å²) in [6.45, 7) is -0.991. The van der Waals surface area contributed by atoms with E-state index in [0.29, 0.717) is 0 Å². The highest BCUT2D eigenvalue weighted by Gasteiger charge is 2.08. The number of hydrogen-bond donors (Lipinski definition) is 1. The Kier molecular flexibility index (Phi) is 3.28. The molecule has 1 rings (SSSR count). The van der Waals surface area contributed by atoms with Gasteiger partial charge < -0.3 is 15.2 Å². The third-order valence-corrected chi connectivity index (χ3v) is 1.64. The lowest BCUT2D eigenvalue weighted by molar-refractivity contribution is 0.0600. The molecule has 0 aliphatic heterocycles. The average molecular weight is 199 g/mol. The first-order valence-electron chi connectivity index (χ1n) is 3.85. The smallest absolute Gasteiger partial charge is 0.337 e. The van der Waals surface area contributed by atoms with E-state index in [1.54, 1.807) is 0 Å². The van der Waals surface area contributed by atoms with Crippen molar-refractivity contribution in [3.63, 3.8) is 0 Å².